The minimum atomic E-state index is -0.286. The van der Waals surface area contributed by atoms with E-state index >= 15 is 0 Å². The molecule has 0 bridgehead atoms. The molecule has 0 aliphatic carbocycles. The van der Waals surface area contributed by atoms with Crippen molar-refractivity contribution in [2.45, 2.75) is 58.5 Å². The molecule has 3 heteroatoms. The molecule has 9 rings (SSSR count). The van der Waals surface area contributed by atoms with Crippen LogP contribution in [0.25, 0.3) is 50.3 Å². The zero-order chi connectivity index (χ0) is 43.7. The van der Waals surface area contributed by atoms with Crippen molar-refractivity contribution < 1.29 is 0 Å². The van der Waals surface area contributed by atoms with E-state index in [1.165, 1.54) is 38.5 Å². The van der Waals surface area contributed by atoms with Crippen molar-refractivity contribution in [1.82, 2.24) is 9.88 Å². The zero-order valence-electron chi connectivity index (χ0n) is 37.2. The van der Waals surface area contributed by atoms with Gasteiger partial charge < -0.3 is 9.88 Å². The minimum Gasteiger partial charge on any atom is -0.360 e. The number of hydrogen-bond donors (Lipinski definition) is 1. The molecule has 1 aliphatic rings. The monoisotopic (exact) mass is 817 g/mol. The number of hydrogen-bond acceptors (Lipinski definition) is 2. The normalized spacial score (nSPS) is 14.9. The summed E-state index contributed by atoms with van der Waals surface area (Å²) in [7, 11) is 0. The van der Waals surface area contributed by atoms with Gasteiger partial charge in [-0.2, -0.15) is 0 Å². The lowest BCUT2D eigenvalue weighted by Crippen LogP contribution is -2.26. The molecule has 310 valence electrons. The Labute approximate surface area is 373 Å². The Bertz CT molecular complexity index is 3060. The van der Waals surface area contributed by atoms with Gasteiger partial charge in [0, 0.05) is 27.6 Å². The van der Waals surface area contributed by atoms with Gasteiger partial charge in [0.15, 0.2) is 0 Å². The lowest BCUT2D eigenvalue weighted by molar-refractivity contribution is 0.590. The molecular weight excluding hydrogens is 763 g/mol. The summed E-state index contributed by atoms with van der Waals surface area (Å²) in [6.45, 7) is 18.7. The molecule has 7 aromatic carbocycles. The van der Waals surface area contributed by atoms with Gasteiger partial charge in [-0.25, -0.2) is 0 Å². The van der Waals surface area contributed by atoms with Crippen LogP contribution in [0.5, 0.6) is 0 Å². The molecule has 0 spiro atoms. The molecule has 1 unspecified atom stereocenters. The topological polar surface area (TPSA) is 29.3 Å². The Morgan fingerprint density at radius 1 is 0.603 bits per heavy atom. The van der Waals surface area contributed by atoms with E-state index in [0.29, 0.717) is 0 Å². The van der Waals surface area contributed by atoms with Crippen molar-refractivity contribution in [2.75, 3.05) is 0 Å². The van der Waals surface area contributed by atoms with E-state index in [2.05, 4.69) is 240 Å². The highest BCUT2D eigenvalue weighted by molar-refractivity contribution is 6.20. The third-order valence-corrected chi connectivity index (χ3v) is 12.1. The molecule has 0 amide bonds. The zero-order valence-corrected chi connectivity index (χ0v) is 37.2. The molecule has 63 heavy (non-hydrogen) atoms. The summed E-state index contributed by atoms with van der Waals surface area (Å²) < 4.78 is 2.53. The van der Waals surface area contributed by atoms with Crippen LogP contribution in [0, 0.1) is 0 Å². The molecular formula is C60H55N3. The highest BCUT2D eigenvalue weighted by atomic mass is 15.1. The van der Waals surface area contributed by atoms with Crippen LogP contribution in [-0.4, -0.2) is 10.3 Å². The van der Waals surface area contributed by atoms with Crippen LogP contribution in [-0.2, 0) is 10.8 Å². The van der Waals surface area contributed by atoms with Crippen LogP contribution in [0.15, 0.2) is 217 Å². The van der Waals surface area contributed by atoms with Crippen molar-refractivity contribution >= 4 is 44.9 Å². The van der Waals surface area contributed by atoms with Crippen molar-refractivity contribution in [3.05, 3.63) is 245 Å². The molecule has 8 aromatic rings. The first kappa shape index (κ1) is 41.1. The summed E-state index contributed by atoms with van der Waals surface area (Å²) in [6, 6.07) is 65.2. The second kappa shape index (κ2) is 16.9. The van der Waals surface area contributed by atoms with Gasteiger partial charge in [0.25, 0.3) is 0 Å². The van der Waals surface area contributed by atoms with Crippen LogP contribution in [0.1, 0.15) is 81.1 Å². The number of aliphatic imine (C=N–C) groups is 1. The second-order valence-electron chi connectivity index (χ2n) is 18.6. The number of fused-ring (bicyclic) bond motifs is 3. The largest absolute Gasteiger partial charge is 0.360 e. The maximum Gasteiger partial charge on any atom is 0.145 e. The number of nitrogens with zero attached hydrogens (tertiary/aromatic N) is 2. The first-order valence-electron chi connectivity index (χ1n) is 22.0. The highest BCUT2D eigenvalue weighted by Crippen LogP contribution is 2.45. The van der Waals surface area contributed by atoms with Crippen molar-refractivity contribution in [1.29, 1.82) is 0 Å². The maximum absolute atomic E-state index is 5.23. The standard InChI is InChI=1S/C60H55N3/c1-41(53-40-54(45-29-19-11-20-30-45)62-58(61-53)46-31-21-12-22-32-46)35-49(43-25-15-9-16-26-43)56(36-42-23-13-8-14-24-42)63-55-34-33-47(59(2,3)4)37-51(55)52-39-48(60(5,6)7)38-50(57(52)63)44-27-17-10-18-28-44/h8-40,58,61H,1H2,2-7H3/b49-35-,56-36?. The van der Waals surface area contributed by atoms with Crippen LogP contribution < -0.4 is 5.32 Å². The van der Waals surface area contributed by atoms with E-state index in [1.807, 2.05) is 12.1 Å². The third kappa shape index (κ3) is 8.52. The number of rotatable bonds is 9. The van der Waals surface area contributed by atoms with Gasteiger partial charge in [0.1, 0.15) is 6.17 Å². The van der Waals surface area contributed by atoms with E-state index in [0.717, 1.165) is 56.0 Å². The summed E-state index contributed by atoms with van der Waals surface area (Å²) >= 11 is 0. The SMILES string of the molecule is C=C(/C=C(\C(=Cc1ccccc1)n1c2ccc(C(C)(C)C)cc2c2cc(C(C)(C)C)cc(-c3ccccc3)c21)c1ccccc1)C1=CC(c2ccccc2)=NC(c2ccccc2)N1. The minimum absolute atomic E-state index is 0.0394. The molecule has 2 heterocycles. The molecule has 0 radical (unpaired) electrons. The Morgan fingerprint density at radius 3 is 1.78 bits per heavy atom. The fourth-order valence-corrected chi connectivity index (χ4v) is 8.56. The number of aromatic nitrogens is 1. The fraction of sp³-hybridized carbons (Fsp3) is 0.150. The third-order valence-electron chi connectivity index (χ3n) is 12.1. The summed E-state index contributed by atoms with van der Waals surface area (Å²) in [4.78, 5) is 5.23. The first-order valence-corrected chi connectivity index (χ1v) is 22.0. The summed E-state index contributed by atoms with van der Waals surface area (Å²) in [6.07, 6.45) is 6.48. The molecule has 1 aliphatic heterocycles. The van der Waals surface area contributed by atoms with Crippen molar-refractivity contribution in [3.8, 4) is 11.1 Å². The van der Waals surface area contributed by atoms with Gasteiger partial charge in [-0.05, 0) is 97.8 Å². The molecule has 0 fully saturated rings. The Balaban J connectivity index is 1.36. The highest BCUT2D eigenvalue weighted by Gasteiger charge is 2.27. The van der Waals surface area contributed by atoms with E-state index in [1.54, 1.807) is 0 Å². The van der Waals surface area contributed by atoms with Gasteiger partial charge in [-0.15, -0.1) is 0 Å². The lowest BCUT2D eigenvalue weighted by atomic mass is 9.83. The van der Waals surface area contributed by atoms with Gasteiger partial charge in [-0.1, -0.05) is 206 Å². The number of allylic oxidation sites excluding steroid dienone is 4. The maximum atomic E-state index is 5.23. The van der Waals surface area contributed by atoms with Crippen LogP contribution in [0.4, 0.5) is 0 Å². The average Bonchev–Trinajstić information content (AvgIpc) is 3.64. The van der Waals surface area contributed by atoms with Gasteiger partial charge in [0.05, 0.1) is 22.4 Å². The predicted molar refractivity (Wildman–Crippen MR) is 270 cm³/mol. The molecule has 0 saturated carbocycles. The summed E-state index contributed by atoms with van der Waals surface area (Å²) in [5.41, 5.74) is 16.3. The van der Waals surface area contributed by atoms with E-state index < -0.39 is 0 Å². The average molecular weight is 818 g/mol. The Morgan fingerprint density at radius 2 is 1.16 bits per heavy atom. The molecule has 1 aromatic heterocycles. The summed E-state index contributed by atoms with van der Waals surface area (Å²) in [5.74, 6) is 0. The number of benzene rings is 7. The van der Waals surface area contributed by atoms with Gasteiger partial charge >= 0.3 is 0 Å². The van der Waals surface area contributed by atoms with Crippen molar-refractivity contribution in [2.24, 2.45) is 4.99 Å². The van der Waals surface area contributed by atoms with Gasteiger partial charge in [0.2, 0.25) is 0 Å². The first-order chi connectivity index (χ1) is 30.4. The second-order valence-corrected chi connectivity index (χ2v) is 18.6. The molecule has 1 atom stereocenters. The quantitative estimate of drug-likeness (QED) is 0.144. The molecule has 0 saturated heterocycles. The molecule has 1 N–H and O–H groups in total. The molecule has 3 nitrogen and oxygen atoms in total. The van der Waals surface area contributed by atoms with E-state index in [4.69, 9.17) is 11.6 Å². The van der Waals surface area contributed by atoms with Crippen molar-refractivity contribution in [3.63, 3.8) is 0 Å². The summed E-state index contributed by atoms with van der Waals surface area (Å²) in [5, 5.41) is 6.25. The lowest BCUT2D eigenvalue weighted by Gasteiger charge is -2.26. The Hall–Kier alpha value is -7.23. The van der Waals surface area contributed by atoms with Crippen LogP contribution in [0.2, 0.25) is 0 Å². The smallest absolute Gasteiger partial charge is 0.145 e. The number of nitrogens with one attached hydrogen (secondary N) is 1. The Kier molecular flexibility index (Phi) is 11.0. The van der Waals surface area contributed by atoms with E-state index in [9.17, 15) is 0 Å². The van der Waals surface area contributed by atoms with E-state index in [-0.39, 0.29) is 17.0 Å². The van der Waals surface area contributed by atoms with Crippen LogP contribution in [0.3, 0.4) is 0 Å². The predicted octanol–water partition coefficient (Wildman–Crippen LogP) is 15.4. The van der Waals surface area contributed by atoms with Gasteiger partial charge in [-0.3, -0.25) is 4.99 Å². The van der Waals surface area contributed by atoms with Crippen LogP contribution >= 0.6 is 0 Å². The fourth-order valence-electron chi connectivity index (χ4n) is 8.56.